The Morgan fingerprint density at radius 3 is 2.62 bits per heavy atom. The third kappa shape index (κ3) is 4.16. The summed E-state index contributed by atoms with van der Waals surface area (Å²) in [6.45, 7) is 3.16. The predicted molar refractivity (Wildman–Crippen MR) is 130 cm³/mol. The molecule has 5 rings (SSSR count). The van der Waals surface area contributed by atoms with Gasteiger partial charge < -0.3 is 9.30 Å². The molecule has 0 bridgehead atoms. The molecule has 1 aliphatic heterocycles. The highest BCUT2D eigenvalue weighted by atomic mass is 19.3. The number of hydrogen-bond acceptors (Lipinski definition) is 3. The van der Waals surface area contributed by atoms with E-state index in [0.29, 0.717) is 26.1 Å². The maximum absolute atomic E-state index is 13.7. The van der Waals surface area contributed by atoms with Crippen molar-refractivity contribution in [3.05, 3.63) is 77.0 Å². The van der Waals surface area contributed by atoms with Gasteiger partial charge in [-0.1, -0.05) is 42.5 Å². The van der Waals surface area contributed by atoms with Gasteiger partial charge >= 0.3 is 0 Å². The zero-order chi connectivity index (χ0) is 23.9. The van der Waals surface area contributed by atoms with Gasteiger partial charge in [0.15, 0.2) is 5.78 Å². The fourth-order valence-corrected chi connectivity index (χ4v) is 5.53. The van der Waals surface area contributed by atoms with E-state index in [1.807, 2.05) is 31.2 Å². The molecular weight excluding hydrogens is 434 g/mol. The van der Waals surface area contributed by atoms with Crippen LogP contribution in [0.15, 0.2) is 54.6 Å². The second-order valence-electron chi connectivity index (χ2n) is 9.42. The zero-order valence-electron chi connectivity index (χ0n) is 19.7. The highest BCUT2D eigenvalue weighted by Gasteiger charge is 2.41. The van der Waals surface area contributed by atoms with Crippen LogP contribution in [0.4, 0.5) is 8.78 Å². The van der Waals surface area contributed by atoms with Crippen LogP contribution in [0.1, 0.15) is 46.9 Å². The number of fused-ring (bicyclic) bond motifs is 3. The summed E-state index contributed by atoms with van der Waals surface area (Å²) in [5.74, 6) is -1.93. The summed E-state index contributed by atoms with van der Waals surface area (Å²) in [7, 11) is 1.67. The van der Waals surface area contributed by atoms with Gasteiger partial charge in [0.1, 0.15) is 5.76 Å². The number of hydrogen-bond donors (Lipinski definition) is 0. The number of carbonyl (C=O) groups is 1. The van der Waals surface area contributed by atoms with Gasteiger partial charge in [-0.25, -0.2) is 8.78 Å². The Kier molecular flexibility index (Phi) is 6.02. The molecule has 1 atom stereocenters. The number of allylic oxidation sites excluding steroid dienone is 1. The molecule has 1 fully saturated rings. The van der Waals surface area contributed by atoms with Crippen LogP contribution in [0.5, 0.6) is 0 Å². The highest BCUT2D eigenvalue weighted by Crippen LogP contribution is 2.36. The molecule has 2 aromatic carbocycles. The first-order valence-electron chi connectivity index (χ1n) is 11.9. The largest absolute Gasteiger partial charge is 0.496 e. The lowest BCUT2D eigenvalue weighted by Gasteiger charge is -2.27. The summed E-state index contributed by atoms with van der Waals surface area (Å²) in [5, 5.41) is 0.964. The van der Waals surface area contributed by atoms with Gasteiger partial charge in [-0.15, -0.1) is 0 Å². The molecule has 2 aliphatic rings. The summed E-state index contributed by atoms with van der Waals surface area (Å²) in [4.78, 5) is 15.3. The van der Waals surface area contributed by atoms with E-state index in [-0.39, 0.29) is 24.7 Å². The lowest BCUT2D eigenvalue weighted by atomic mass is 9.84. The SMILES string of the molecule is C/C=C(/OC)c1ccc(Cn2c3c(c4ccccc42)C(=O)C(CN2CCC(F)(F)C2)CC3)cc1. The van der Waals surface area contributed by atoms with Crippen LogP contribution in [0.3, 0.4) is 0 Å². The third-order valence-corrected chi connectivity index (χ3v) is 7.21. The highest BCUT2D eigenvalue weighted by molar-refractivity contribution is 6.11. The van der Waals surface area contributed by atoms with Crippen LogP contribution in [-0.2, 0) is 17.7 Å². The number of ketones is 1. The Hall–Kier alpha value is -2.99. The van der Waals surface area contributed by atoms with Crippen molar-refractivity contribution in [3.63, 3.8) is 0 Å². The lowest BCUT2D eigenvalue weighted by Crippen LogP contribution is -2.36. The first-order chi connectivity index (χ1) is 16.4. The van der Waals surface area contributed by atoms with Crippen molar-refractivity contribution in [1.82, 2.24) is 9.47 Å². The van der Waals surface area contributed by atoms with E-state index in [9.17, 15) is 13.6 Å². The lowest BCUT2D eigenvalue weighted by molar-refractivity contribution is 0.0106. The Morgan fingerprint density at radius 1 is 1.18 bits per heavy atom. The molecule has 34 heavy (non-hydrogen) atoms. The Bertz CT molecular complexity index is 1240. The van der Waals surface area contributed by atoms with E-state index < -0.39 is 5.92 Å². The average Bonchev–Trinajstić information content (AvgIpc) is 3.34. The van der Waals surface area contributed by atoms with E-state index in [4.69, 9.17) is 4.74 Å². The quantitative estimate of drug-likeness (QED) is 0.434. The molecule has 0 radical (unpaired) electrons. The molecule has 4 nitrogen and oxygen atoms in total. The van der Waals surface area contributed by atoms with Crippen LogP contribution in [0.2, 0.25) is 0 Å². The van der Waals surface area contributed by atoms with Crippen molar-refractivity contribution in [2.24, 2.45) is 5.92 Å². The van der Waals surface area contributed by atoms with Crippen LogP contribution in [-0.4, -0.2) is 47.9 Å². The molecule has 0 amide bonds. The number of carbonyl (C=O) groups excluding carboxylic acids is 1. The summed E-state index contributed by atoms with van der Waals surface area (Å²) < 4.78 is 35.0. The molecule has 1 aromatic heterocycles. The molecule has 1 saturated heterocycles. The average molecular weight is 465 g/mol. The minimum absolute atomic E-state index is 0.0968. The monoisotopic (exact) mass is 464 g/mol. The molecule has 178 valence electrons. The van der Waals surface area contributed by atoms with Crippen molar-refractivity contribution in [1.29, 1.82) is 0 Å². The fraction of sp³-hybridized carbons (Fsp3) is 0.393. The van der Waals surface area contributed by atoms with Gasteiger partial charge in [-0.3, -0.25) is 9.69 Å². The second-order valence-corrected chi connectivity index (χ2v) is 9.42. The van der Waals surface area contributed by atoms with E-state index in [1.54, 1.807) is 12.0 Å². The Labute approximate surface area is 198 Å². The molecule has 2 heterocycles. The first kappa shape index (κ1) is 22.8. The number of para-hydroxylation sites is 1. The number of benzene rings is 2. The standard InChI is InChI=1S/C28H30F2N2O2/c1-3-25(34-2)20-10-8-19(9-11-20)16-32-23-7-5-4-6-22(23)26-24(32)13-12-21(27(26)33)17-31-15-14-28(29,30)18-31/h3-11,21H,12-18H2,1-2H3/b25-3+. The predicted octanol–water partition coefficient (Wildman–Crippen LogP) is 5.78. The van der Waals surface area contributed by atoms with Gasteiger partial charge in [0, 0.05) is 59.7 Å². The maximum Gasteiger partial charge on any atom is 0.261 e. The van der Waals surface area contributed by atoms with E-state index >= 15 is 0 Å². The van der Waals surface area contributed by atoms with Crippen molar-refractivity contribution in [3.8, 4) is 0 Å². The van der Waals surface area contributed by atoms with Gasteiger partial charge in [-0.2, -0.15) is 0 Å². The molecule has 0 N–H and O–H groups in total. The van der Waals surface area contributed by atoms with E-state index in [2.05, 4.69) is 34.9 Å². The van der Waals surface area contributed by atoms with Crippen LogP contribution in [0.25, 0.3) is 16.7 Å². The maximum atomic E-state index is 13.7. The number of aromatic nitrogens is 1. The van der Waals surface area contributed by atoms with Crippen molar-refractivity contribution in [2.45, 2.75) is 38.7 Å². The van der Waals surface area contributed by atoms with E-state index in [0.717, 1.165) is 45.5 Å². The summed E-state index contributed by atoms with van der Waals surface area (Å²) in [6, 6.07) is 16.3. The van der Waals surface area contributed by atoms with Gasteiger partial charge in [-0.05, 0) is 37.5 Å². The summed E-state index contributed by atoms with van der Waals surface area (Å²) in [5.41, 5.74) is 5.06. The van der Waals surface area contributed by atoms with Gasteiger partial charge in [0.05, 0.1) is 13.7 Å². The molecule has 3 aromatic rings. The number of Topliss-reactive ketones (excluding diaryl/α,β-unsaturated/α-hetero) is 1. The van der Waals surface area contributed by atoms with Crippen molar-refractivity contribution >= 4 is 22.4 Å². The topological polar surface area (TPSA) is 34.5 Å². The molecule has 1 unspecified atom stereocenters. The zero-order valence-corrected chi connectivity index (χ0v) is 19.7. The molecular formula is C28H30F2N2O2. The number of methoxy groups -OCH3 is 1. The minimum Gasteiger partial charge on any atom is -0.496 e. The first-order valence-corrected chi connectivity index (χ1v) is 11.9. The number of rotatable bonds is 6. The molecule has 1 aliphatic carbocycles. The van der Waals surface area contributed by atoms with Crippen LogP contribution >= 0.6 is 0 Å². The smallest absolute Gasteiger partial charge is 0.261 e. The fourth-order valence-electron chi connectivity index (χ4n) is 5.53. The Morgan fingerprint density at radius 2 is 1.94 bits per heavy atom. The third-order valence-electron chi connectivity index (χ3n) is 7.21. The van der Waals surface area contributed by atoms with Gasteiger partial charge in [0.2, 0.25) is 0 Å². The normalized spacial score (nSPS) is 20.6. The molecule has 0 saturated carbocycles. The van der Waals surface area contributed by atoms with Crippen molar-refractivity contribution in [2.75, 3.05) is 26.7 Å². The number of likely N-dealkylation sites (tertiary alicyclic amines) is 1. The summed E-state index contributed by atoms with van der Waals surface area (Å²) in [6.07, 6.45) is 3.30. The van der Waals surface area contributed by atoms with E-state index in [1.165, 1.54) is 0 Å². The number of alkyl halides is 2. The molecule has 6 heteroatoms. The number of ether oxygens (including phenoxy) is 1. The minimum atomic E-state index is -2.63. The number of halogens is 2. The van der Waals surface area contributed by atoms with Crippen molar-refractivity contribution < 1.29 is 18.3 Å². The molecule has 0 spiro atoms. The van der Waals surface area contributed by atoms with Crippen LogP contribution in [0, 0.1) is 5.92 Å². The summed E-state index contributed by atoms with van der Waals surface area (Å²) >= 11 is 0. The van der Waals surface area contributed by atoms with Gasteiger partial charge in [0.25, 0.3) is 5.92 Å². The second kappa shape index (κ2) is 8.99. The van der Waals surface area contributed by atoms with Crippen LogP contribution < -0.4 is 0 Å². The Balaban J connectivity index is 1.44. The number of nitrogens with zero attached hydrogens (tertiary/aromatic N) is 2.